The molecular weight excluding hydrogens is 242 g/mol. The summed E-state index contributed by atoms with van der Waals surface area (Å²) in [6.07, 6.45) is 9.53. The Morgan fingerprint density at radius 2 is 1.60 bits per heavy atom. The first kappa shape index (κ1) is 17.2. The molecule has 1 aromatic carbocycles. The molecule has 0 radical (unpaired) electrons. The highest BCUT2D eigenvalue weighted by Crippen LogP contribution is 2.22. The van der Waals surface area contributed by atoms with Crippen LogP contribution in [0.1, 0.15) is 81.5 Å². The van der Waals surface area contributed by atoms with E-state index in [1.54, 1.807) is 0 Å². The minimum absolute atomic E-state index is 0.533. The van der Waals surface area contributed by atoms with Gasteiger partial charge in [0.05, 0.1) is 0 Å². The zero-order chi connectivity index (χ0) is 14.8. The van der Waals surface area contributed by atoms with Gasteiger partial charge >= 0.3 is 0 Å². The number of rotatable bonds is 10. The maximum atomic E-state index is 3.65. The Balaban J connectivity index is 2.45. The highest BCUT2D eigenvalue weighted by atomic mass is 14.9. The highest BCUT2D eigenvalue weighted by molar-refractivity contribution is 5.31. The van der Waals surface area contributed by atoms with Crippen molar-refractivity contribution in [3.63, 3.8) is 0 Å². The lowest BCUT2D eigenvalue weighted by atomic mass is 9.96. The molecule has 0 saturated carbocycles. The third kappa shape index (κ3) is 6.09. The van der Waals surface area contributed by atoms with Crippen LogP contribution >= 0.6 is 0 Å². The van der Waals surface area contributed by atoms with Crippen LogP contribution in [0.2, 0.25) is 0 Å². The third-order valence-electron chi connectivity index (χ3n) is 4.23. The molecule has 0 heterocycles. The second-order valence-corrected chi connectivity index (χ2v) is 6.01. The van der Waals surface area contributed by atoms with Crippen LogP contribution in [0.5, 0.6) is 0 Å². The predicted octanol–water partition coefficient (Wildman–Crippen LogP) is 5.70. The molecule has 1 N–H and O–H groups in total. The Morgan fingerprint density at radius 3 is 2.25 bits per heavy atom. The fraction of sp³-hybridized carbons (Fsp3) is 0.684. The molecule has 0 bridgehead atoms. The van der Waals surface area contributed by atoms with Gasteiger partial charge in [-0.05, 0) is 43.5 Å². The van der Waals surface area contributed by atoms with Crippen molar-refractivity contribution in [1.82, 2.24) is 5.32 Å². The van der Waals surface area contributed by atoms with Gasteiger partial charge in [0.1, 0.15) is 0 Å². The Bertz CT molecular complexity index is 370. The molecule has 0 saturated heterocycles. The van der Waals surface area contributed by atoms with Crippen molar-refractivity contribution < 1.29 is 0 Å². The van der Waals surface area contributed by atoms with Crippen LogP contribution < -0.4 is 5.32 Å². The van der Waals surface area contributed by atoms with Crippen LogP contribution in [-0.4, -0.2) is 6.54 Å². The molecule has 0 aliphatic rings. The van der Waals surface area contributed by atoms with Gasteiger partial charge in [0.2, 0.25) is 0 Å². The van der Waals surface area contributed by atoms with Gasteiger partial charge in [0.15, 0.2) is 0 Å². The normalized spacial score (nSPS) is 12.6. The van der Waals surface area contributed by atoms with E-state index in [1.165, 1.54) is 61.6 Å². The van der Waals surface area contributed by atoms with Gasteiger partial charge in [-0.1, -0.05) is 70.6 Å². The molecule has 1 unspecified atom stereocenters. The van der Waals surface area contributed by atoms with Gasteiger partial charge in [0.25, 0.3) is 0 Å². The van der Waals surface area contributed by atoms with Crippen molar-refractivity contribution in [2.75, 3.05) is 6.54 Å². The molecule has 20 heavy (non-hydrogen) atoms. The van der Waals surface area contributed by atoms with Crippen LogP contribution in [0.3, 0.4) is 0 Å². The van der Waals surface area contributed by atoms with Crippen LogP contribution in [-0.2, 0) is 0 Å². The maximum Gasteiger partial charge on any atom is 0.0320 e. The molecule has 0 aliphatic carbocycles. The monoisotopic (exact) mass is 275 g/mol. The van der Waals surface area contributed by atoms with Crippen molar-refractivity contribution in [2.45, 2.75) is 78.7 Å². The van der Waals surface area contributed by atoms with E-state index >= 15 is 0 Å². The zero-order valence-electron chi connectivity index (χ0n) is 14.0. The van der Waals surface area contributed by atoms with Crippen LogP contribution in [0.4, 0.5) is 0 Å². The summed E-state index contributed by atoms with van der Waals surface area (Å²) in [7, 11) is 0. The first-order valence-electron chi connectivity index (χ1n) is 8.49. The summed E-state index contributed by atoms with van der Waals surface area (Å²) < 4.78 is 0. The Labute approximate surface area is 126 Å². The average molecular weight is 275 g/mol. The summed E-state index contributed by atoms with van der Waals surface area (Å²) in [6, 6.07) is 7.45. The van der Waals surface area contributed by atoms with E-state index in [0.717, 1.165) is 6.54 Å². The molecule has 1 rings (SSSR count). The van der Waals surface area contributed by atoms with E-state index in [-0.39, 0.29) is 0 Å². The lowest BCUT2D eigenvalue weighted by Gasteiger charge is -2.19. The molecule has 114 valence electrons. The van der Waals surface area contributed by atoms with E-state index < -0.39 is 0 Å². The second kappa shape index (κ2) is 9.99. The van der Waals surface area contributed by atoms with Gasteiger partial charge in [-0.25, -0.2) is 0 Å². The van der Waals surface area contributed by atoms with Gasteiger partial charge in [-0.15, -0.1) is 0 Å². The molecular formula is C19H33N. The fourth-order valence-corrected chi connectivity index (χ4v) is 2.74. The summed E-state index contributed by atoms with van der Waals surface area (Å²) in [5.41, 5.74) is 4.26. The molecule has 0 fully saturated rings. The maximum absolute atomic E-state index is 3.65. The molecule has 0 spiro atoms. The van der Waals surface area contributed by atoms with E-state index in [9.17, 15) is 0 Å². The first-order chi connectivity index (χ1) is 9.69. The van der Waals surface area contributed by atoms with Gasteiger partial charge < -0.3 is 5.32 Å². The number of hydrogen-bond acceptors (Lipinski definition) is 1. The molecule has 0 aromatic heterocycles. The molecule has 1 nitrogen and oxygen atoms in total. The first-order valence-corrected chi connectivity index (χ1v) is 8.49. The number of benzene rings is 1. The summed E-state index contributed by atoms with van der Waals surface area (Å²) in [6.45, 7) is 9.94. The topological polar surface area (TPSA) is 12.0 Å². The lowest BCUT2D eigenvalue weighted by molar-refractivity contribution is 0.476. The molecule has 1 heteroatoms. The zero-order valence-corrected chi connectivity index (χ0v) is 14.0. The minimum atomic E-state index is 0.533. The highest BCUT2D eigenvalue weighted by Gasteiger charge is 2.10. The number of hydrogen-bond donors (Lipinski definition) is 1. The molecule has 1 aromatic rings. The van der Waals surface area contributed by atoms with Crippen LogP contribution in [0, 0.1) is 13.8 Å². The molecule has 0 amide bonds. The summed E-state index contributed by atoms with van der Waals surface area (Å²) in [5, 5.41) is 3.65. The number of aryl methyl sites for hydroxylation is 2. The van der Waals surface area contributed by atoms with E-state index in [2.05, 4.69) is 51.2 Å². The standard InChI is InChI=1S/C19H33N/c1-5-7-8-9-10-11-12-19(20-6-2)18-14-13-16(3)17(4)15-18/h13-15,19-20H,5-12H2,1-4H3. The van der Waals surface area contributed by atoms with E-state index in [4.69, 9.17) is 0 Å². The predicted molar refractivity (Wildman–Crippen MR) is 90.3 cm³/mol. The van der Waals surface area contributed by atoms with Gasteiger partial charge in [0, 0.05) is 6.04 Å². The largest absolute Gasteiger partial charge is 0.310 e. The van der Waals surface area contributed by atoms with Crippen molar-refractivity contribution in [1.29, 1.82) is 0 Å². The Kier molecular flexibility index (Phi) is 8.60. The van der Waals surface area contributed by atoms with Crippen LogP contribution in [0.25, 0.3) is 0 Å². The number of nitrogens with one attached hydrogen (secondary N) is 1. The lowest BCUT2D eigenvalue weighted by Crippen LogP contribution is -2.21. The Morgan fingerprint density at radius 1 is 0.900 bits per heavy atom. The smallest absolute Gasteiger partial charge is 0.0320 e. The van der Waals surface area contributed by atoms with Crippen LogP contribution in [0.15, 0.2) is 18.2 Å². The third-order valence-corrected chi connectivity index (χ3v) is 4.23. The number of unbranched alkanes of at least 4 members (excludes halogenated alkanes) is 5. The van der Waals surface area contributed by atoms with Crippen molar-refractivity contribution in [3.8, 4) is 0 Å². The van der Waals surface area contributed by atoms with Crippen molar-refractivity contribution in [2.24, 2.45) is 0 Å². The van der Waals surface area contributed by atoms with E-state index in [0.29, 0.717) is 6.04 Å². The second-order valence-electron chi connectivity index (χ2n) is 6.01. The minimum Gasteiger partial charge on any atom is -0.310 e. The van der Waals surface area contributed by atoms with Crippen molar-refractivity contribution in [3.05, 3.63) is 34.9 Å². The average Bonchev–Trinajstić information content (AvgIpc) is 2.44. The van der Waals surface area contributed by atoms with Gasteiger partial charge in [-0.3, -0.25) is 0 Å². The van der Waals surface area contributed by atoms with E-state index in [1.807, 2.05) is 0 Å². The SMILES string of the molecule is CCCCCCCCC(NCC)c1ccc(C)c(C)c1. The quantitative estimate of drug-likeness (QED) is 0.540. The summed E-state index contributed by atoms with van der Waals surface area (Å²) >= 11 is 0. The van der Waals surface area contributed by atoms with Crippen molar-refractivity contribution >= 4 is 0 Å². The van der Waals surface area contributed by atoms with Gasteiger partial charge in [-0.2, -0.15) is 0 Å². The molecule has 0 aliphatic heterocycles. The summed E-state index contributed by atoms with van der Waals surface area (Å²) in [5.74, 6) is 0. The fourth-order valence-electron chi connectivity index (χ4n) is 2.74. The molecule has 1 atom stereocenters. The Hall–Kier alpha value is -0.820. The summed E-state index contributed by atoms with van der Waals surface area (Å²) in [4.78, 5) is 0.